The molecule has 0 heterocycles. The Hall–Kier alpha value is -1.80. The summed E-state index contributed by atoms with van der Waals surface area (Å²) in [5.41, 5.74) is 8.67. The highest BCUT2D eigenvalue weighted by Gasteiger charge is 2.22. The van der Waals surface area contributed by atoms with Crippen LogP contribution in [-0.2, 0) is 13.0 Å². The SMILES string of the molecule is CCC(N)(CC)Cc1ccccc1OCc1ccccc1. The monoisotopic (exact) mass is 283 g/mol. The molecular weight excluding hydrogens is 258 g/mol. The highest BCUT2D eigenvalue weighted by atomic mass is 16.5. The van der Waals surface area contributed by atoms with Crippen molar-refractivity contribution < 1.29 is 4.74 Å². The van der Waals surface area contributed by atoms with Gasteiger partial charge in [-0.3, -0.25) is 0 Å². The van der Waals surface area contributed by atoms with E-state index in [-0.39, 0.29) is 5.54 Å². The number of hydrogen-bond donors (Lipinski definition) is 1. The highest BCUT2D eigenvalue weighted by Crippen LogP contribution is 2.26. The van der Waals surface area contributed by atoms with Gasteiger partial charge in [-0.2, -0.15) is 0 Å². The van der Waals surface area contributed by atoms with Crippen LogP contribution in [0.25, 0.3) is 0 Å². The zero-order chi connectivity index (χ0) is 15.1. The van der Waals surface area contributed by atoms with Crippen LogP contribution >= 0.6 is 0 Å². The van der Waals surface area contributed by atoms with Crippen molar-refractivity contribution in [2.45, 2.75) is 45.3 Å². The van der Waals surface area contributed by atoms with Crippen molar-refractivity contribution in [1.29, 1.82) is 0 Å². The lowest BCUT2D eigenvalue weighted by atomic mass is 9.86. The molecule has 0 bridgehead atoms. The van der Waals surface area contributed by atoms with Gasteiger partial charge in [-0.15, -0.1) is 0 Å². The Morgan fingerprint density at radius 2 is 1.52 bits per heavy atom. The van der Waals surface area contributed by atoms with Gasteiger partial charge in [-0.1, -0.05) is 62.4 Å². The third-order valence-electron chi connectivity index (χ3n) is 4.16. The van der Waals surface area contributed by atoms with Gasteiger partial charge in [0.25, 0.3) is 0 Å². The molecule has 2 aromatic rings. The molecule has 0 radical (unpaired) electrons. The normalized spacial score (nSPS) is 11.4. The Morgan fingerprint density at radius 1 is 0.905 bits per heavy atom. The van der Waals surface area contributed by atoms with E-state index >= 15 is 0 Å². The summed E-state index contributed by atoms with van der Waals surface area (Å²) >= 11 is 0. The van der Waals surface area contributed by atoms with Crippen LogP contribution in [0.2, 0.25) is 0 Å². The molecule has 0 atom stereocenters. The first-order chi connectivity index (χ1) is 10.2. The van der Waals surface area contributed by atoms with Crippen molar-refractivity contribution >= 4 is 0 Å². The van der Waals surface area contributed by atoms with Crippen molar-refractivity contribution in [3.8, 4) is 5.75 Å². The quantitative estimate of drug-likeness (QED) is 0.821. The number of hydrogen-bond acceptors (Lipinski definition) is 2. The van der Waals surface area contributed by atoms with Crippen molar-refractivity contribution in [2.24, 2.45) is 5.73 Å². The average molecular weight is 283 g/mol. The summed E-state index contributed by atoms with van der Waals surface area (Å²) < 4.78 is 6.00. The largest absolute Gasteiger partial charge is 0.489 e. The Labute approximate surface area is 127 Å². The van der Waals surface area contributed by atoms with Crippen LogP contribution in [0.3, 0.4) is 0 Å². The molecule has 0 saturated heterocycles. The van der Waals surface area contributed by atoms with E-state index < -0.39 is 0 Å². The molecule has 0 aliphatic rings. The number of nitrogens with two attached hydrogens (primary N) is 1. The average Bonchev–Trinajstić information content (AvgIpc) is 2.55. The zero-order valence-electron chi connectivity index (χ0n) is 13.0. The predicted molar refractivity (Wildman–Crippen MR) is 88.4 cm³/mol. The minimum atomic E-state index is -0.147. The van der Waals surface area contributed by atoms with Crippen LogP contribution in [0, 0.1) is 0 Å². The van der Waals surface area contributed by atoms with E-state index in [1.807, 2.05) is 30.3 Å². The third kappa shape index (κ3) is 4.33. The van der Waals surface area contributed by atoms with E-state index in [4.69, 9.17) is 10.5 Å². The summed E-state index contributed by atoms with van der Waals surface area (Å²) in [6.45, 7) is 4.89. The molecule has 2 aromatic carbocycles. The van der Waals surface area contributed by atoms with Gasteiger partial charge in [0.2, 0.25) is 0 Å². The van der Waals surface area contributed by atoms with Crippen molar-refractivity contribution in [1.82, 2.24) is 0 Å². The maximum atomic E-state index is 6.45. The van der Waals surface area contributed by atoms with Gasteiger partial charge < -0.3 is 10.5 Å². The van der Waals surface area contributed by atoms with Gasteiger partial charge >= 0.3 is 0 Å². The molecule has 0 aromatic heterocycles. The van der Waals surface area contributed by atoms with E-state index in [2.05, 4.69) is 38.1 Å². The van der Waals surface area contributed by atoms with Crippen LogP contribution in [0.4, 0.5) is 0 Å². The minimum Gasteiger partial charge on any atom is -0.489 e. The van der Waals surface area contributed by atoms with Crippen molar-refractivity contribution in [2.75, 3.05) is 0 Å². The van der Waals surface area contributed by atoms with Gasteiger partial charge in [-0.25, -0.2) is 0 Å². The van der Waals surface area contributed by atoms with Crippen molar-refractivity contribution in [3.05, 3.63) is 65.7 Å². The second kappa shape index (κ2) is 7.28. The number of para-hydroxylation sites is 1. The molecule has 2 N–H and O–H groups in total. The second-order valence-electron chi connectivity index (χ2n) is 5.63. The van der Waals surface area contributed by atoms with Crippen LogP contribution < -0.4 is 10.5 Å². The summed E-state index contributed by atoms with van der Waals surface area (Å²) in [5, 5.41) is 0. The maximum absolute atomic E-state index is 6.45. The van der Waals surface area contributed by atoms with Gasteiger partial charge in [0.05, 0.1) is 0 Å². The summed E-state index contributed by atoms with van der Waals surface area (Å²) in [4.78, 5) is 0. The first kappa shape index (κ1) is 15.6. The molecule has 21 heavy (non-hydrogen) atoms. The summed E-state index contributed by atoms with van der Waals surface area (Å²) in [5.74, 6) is 0.943. The topological polar surface area (TPSA) is 35.2 Å². The van der Waals surface area contributed by atoms with Crippen LogP contribution in [0.5, 0.6) is 5.75 Å². The molecule has 0 saturated carbocycles. The summed E-state index contributed by atoms with van der Waals surface area (Å²) in [6.07, 6.45) is 2.79. The van der Waals surface area contributed by atoms with Gasteiger partial charge in [0.15, 0.2) is 0 Å². The summed E-state index contributed by atoms with van der Waals surface area (Å²) in [6, 6.07) is 18.4. The molecule has 112 valence electrons. The Morgan fingerprint density at radius 3 is 2.19 bits per heavy atom. The fourth-order valence-corrected chi connectivity index (χ4v) is 2.41. The van der Waals surface area contributed by atoms with Crippen molar-refractivity contribution in [3.63, 3.8) is 0 Å². The molecule has 0 aliphatic carbocycles. The third-order valence-corrected chi connectivity index (χ3v) is 4.16. The molecule has 2 heteroatoms. The van der Waals surface area contributed by atoms with E-state index in [0.717, 1.165) is 25.0 Å². The second-order valence-corrected chi connectivity index (χ2v) is 5.63. The standard InChI is InChI=1S/C19H25NO/c1-3-19(20,4-2)14-17-12-8-9-13-18(17)21-15-16-10-6-5-7-11-16/h5-13H,3-4,14-15,20H2,1-2H3. The number of benzene rings is 2. The molecule has 0 fully saturated rings. The van der Waals surface area contributed by atoms with Gasteiger partial charge in [0.1, 0.15) is 12.4 Å². The smallest absolute Gasteiger partial charge is 0.123 e. The Kier molecular flexibility index (Phi) is 5.40. The zero-order valence-corrected chi connectivity index (χ0v) is 13.0. The molecule has 0 amide bonds. The Balaban J connectivity index is 2.10. The van der Waals surface area contributed by atoms with E-state index in [1.165, 1.54) is 11.1 Å². The fraction of sp³-hybridized carbons (Fsp3) is 0.368. The van der Waals surface area contributed by atoms with Crippen LogP contribution in [-0.4, -0.2) is 5.54 Å². The van der Waals surface area contributed by atoms with Crippen LogP contribution in [0.1, 0.15) is 37.8 Å². The lowest BCUT2D eigenvalue weighted by molar-refractivity contribution is 0.297. The minimum absolute atomic E-state index is 0.147. The number of ether oxygens (including phenoxy) is 1. The molecule has 0 unspecified atom stereocenters. The molecule has 2 rings (SSSR count). The number of rotatable bonds is 7. The molecular formula is C19H25NO. The lowest BCUT2D eigenvalue weighted by Crippen LogP contribution is -2.40. The Bertz CT molecular complexity index is 547. The van der Waals surface area contributed by atoms with Gasteiger partial charge in [-0.05, 0) is 36.5 Å². The fourth-order valence-electron chi connectivity index (χ4n) is 2.41. The highest BCUT2D eigenvalue weighted by molar-refractivity contribution is 5.35. The van der Waals surface area contributed by atoms with E-state index in [1.54, 1.807) is 0 Å². The van der Waals surface area contributed by atoms with Gasteiger partial charge in [0, 0.05) is 5.54 Å². The van der Waals surface area contributed by atoms with E-state index in [9.17, 15) is 0 Å². The maximum Gasteiger partial charge on any atom is 0.123 e. The first-order valence-corrected chi connectivity index (χ1v) is 7.70. The molecule has 0 spiro atoms. The molecule has 0 aliphatic heterocycles. The predicted octanol–water partition coefficient (Wildman–Crippen LogP) is 4.33. The first-order valence-electron chi connectivity index (χ1n) is 7.70. The molecule has 2 nitrogen and oxygen atoms in total. The summed E-state index contributed by atoms with van der Waals surface area (Å²) in [7, 11) is 0. The van der Waals surface area contributed by atoms with E-state index in [0.29, 0.717) is 6.61 Å². The lowest BCUT2D eigenvalue weighted by Gasteiger charge is -2.27. The van der Waals surface area contributed by atoms with Crippen LogP contribution in [0.15, 0.2) is 54.6 Å².